The molecule has 1 aromatic carbocycles. The van der Waals surface area contributed by atoms with E-state index >= 15 is 0 Å². The lowest BCUT2D eigenvalue weighted by Crippen LogP contribution is -2.49. The van der Waals surface area contributed by atoms with Crippen LogP contribution in [0.1, 0.15) is 23.3 Å². The van der Waals surface area contributed by atoms with Crippen LogP contribution >= 0.6 is 0 Å². The molecule has 0 atom stereocenters. The number of para-hydroxylation sites is 1. The van der Waals surface area contributed by atoms with Crippen molar-refractivity contribution in [2.75, 3.05) is 19.6 Å². The van der Waals surface area contributed by atoms with Gasteiger partial charge in [-0.25, -0.2) is 9.59 Å². The Balaban J connectivity index is 1.50. The predicted octanol–water partition coefficient (Wildman–Crippen LogP) is 1.90. The van der Waals surface area contributed by atoms with Gasteiger partial charge in [0, 0.05) is 24.0 Å². The van der Waals surface area contributed by atoms with E-state index < -0.39 is 5.97 Å². The number of carboxylic acid groups (broad SMARTS) is 1. The summed E-state index contributed by atoms with van der Waals surface area (Å²) < 4.78 is 7.32. The van der Waals surface area contributed by atoms with Gasteiger partial charge in [0.2, 0.25) is 0 Å². The Kier molecular flexibility index (Phi) is 3.68. The first-order chi connectivity index (χ1) is 12.0. The molecule has 2 aromatic rings. The maximum absolute atomic E-state index is 12.2. The second kappa shape index (κ2) is 5.77. The van der Waals surface area contributed by atoms with E-state index in [1.807, 2.05) is 24.3 Å². The minimum atomic E-state index is -0.971. The second-order valence-corrected chi connectivity index (χ2v) is 7.03. The smallest absolute Gasteiger partial charge is 0.410 e. The number of carboxylic acids is 1. The topological polar surface area (TPSA) is 97.8 Å². The number of hydrogen-bond acceptors (Lipinski definition) is 4. The molecule has 2 fully saturated rings. The average Bonchev–Trinajstić information content (AvgIpc) is 3.09. The van der Waals surface area contributed by atoms with Crippen molar-refractivity contribution in [1.82, 2.24) is 9.47 Å². The van der Waals surface area contributed by atoms with Gasteiger partial charge in [-0.1, -0.05) is 18.2 Å². The van der Waals surface area contributed by atoms with Gasteiger partial charge in [-0.2, -0.15) is 0 Å². The van der Waals surface area contributed by atoms with E-state index in [9.17, 15) is 14.7 Å². The van der Waals surface area contributed by atoms with Crippen LogP contribution in [0.5, 0.6) is 0 Å². The summed E-state index contributed by atoms with van der Waals surface area (Å²) in [7, 11) is 0. The molecule has 7 heteroatoms. The number of benzene rings is 1. The Morgan fingerprint density at radius 3 is 2.80 bits per heavy atom. The van der Waals surface area contributed by atoms with E-state index in [1.165, 1.54) is 0 Å². The SMILES string of the molecule is NCC1CC2(C1)CN(CCn1c(C(=O)O)cc3ccccc31)C(=O)O2. The third-order valence-corrected chi connectivity index (χ3v) is 5.32. The summed E-state index contributed by atoms with van der Waals surface area (Å²) in [5.41, 5.74) is 6.37. The maximum Gasteiger partial charge on any atom is 0.410 e. The highest BCUT2D eigenvalue weighted by Crippen LogP contribution is 2.44. The van der Waals surface area contributed by atoms with Crippen LogP contribution in [0.4, 0.5) is 4.79 Å². The van der Waals surface area contributed by atoms with Crippen LogP contribution in [0, 0.1) is 5.92 Å². The van der Waals surface area contributed by atoms with E-state index in [0.29, 0.717) is 32.1 Å². The third-order valence-electron chi connectivity index (χ3n) is 5.32. The van der Waals surface area contributed by atoms with Crippen molar-refractivity contribution < 1.29 is 19.4 Å². The van der Waals surface area contributed by atoms with Crippen LogP contribution in [0.3, 0.4) is 0 Å². The number of nitrogens with zero attached hydrogens (tertiary/aromatic N) is 2. The number of aromatic carboxylic acids is 1. The molecule has 4 rings (SSSR count). The van der Waals surface area contributed by atoms with Crippen LogP contribution < -0.4 is 5.73 Å². The van der Waals surface area contributed by atoms with E-state index in [0.717, 1.165) is 23.7 Å². The standard InChI is InChI=1S/C18H21N3O4/c19-10-12-8-18(9-12)11-20(17(24)25-18)5-6-21-14-4-2-1-3-13(14)7-15(21)16(22)23/h1-4,7,12H,5-6,8-11,19H2,(H,22,23). The fraction of sp³-hybridized carbons (Fsp3) is 0.444. The van der Waals surface area contributed by atoms with Crippen molar-refractivity contribution >= 4 is 23.0 Å². The second-order valence-electron chi connectivity index (χ2n) is 7.03. The van der Waals surface area contributed by atoms with Crippen molar-refractivity contribution in [3.63, 3.8) is 0 Å². The minimum Gasteiger partial charge on any atom is -0.477 e. The molecule has 1 aromatic heterocycles. The average molecular weight is 343 g/mol. The van der Waals surface area contributed by atoms with Crippen LogP contribution in [-0.2, 0) is 11.3 Å². The Labute approximate surface area is 145 Å². The molecule has 1 spiro atoms. The number of aromatic nitrogens is 1. The molecule has 7 nitrogen and oxygen atoms in total. The highest BCUT2D eigenvalue weighted by molar-refractivity contribution is 5.94. The Morgan fingerprint density at radius 2 is 2.08 bits per heavy atom. The summed E-state index contributed by atoms with van der Waals surface area (Å²) in [6, 6.07) is 9.20. The summed E-state index contributed by atoms with van der Waals surface area (Å²) in [4.78, 5) is 25.4. The summed E-state index contributed by atoms with van der Waals surface area (Å²) in [6.07, 6.45) is 1.32. The first kappa shape index (κ1) is 16.0. The summed E-state index contributed by atoms with van der Waals surface area (Å²) in [5, 5.41) is 10.3. The normalized spacial score (nSPS) is 25.4. The van der Waals surface area contributed by atoms with Gasteiger partial charge < -0.3 is 25.0 Å². The van der Waals surface area contributed by atoms with E-state index in [-0.39, 0.29) is 17.4 Å². The van der Waals surface area contributed by atoms with Gasteiger partial charge in [-0.15, -0.1) is 0 Å². The minimum absolute atomic E-state index is 0.232. The third kappa shape index (κ3) is 2.64. The van der Waals surface area contributed by atoms with E-state index in [1.54, 1.807) is 15.5 Å². The van der Waals surface area contributed by atoms with Gasteiger partial charge in [0.15, 0.2) is 0 Å². The molecule has 132 valence electrons. The molecule has 3 N–H and O–H groups in total. The largest absolute Gasteiger partial charge is 0.477 e. The van der Waals surface area contributed by atoms with Crippen molar-refractivity contribution in [3.05, 3.63) is 36.0 Å². The fourth-order valence-electron chi connectivity index (χ4n) is 4.09. The lowest BCUT2D eigenvalue weighted by molar-refractivity contribution is -0.0438. The zero-order valence-corrected chi connectivity index (χ0v) is 13.9. The van der Waals surface area contributed by atoms with Crippen LogP contribution in [-0.4, -0.2) is 51.9 Å². The van der Waals surface area contributed by atoms with E-state index in [2.05, 4.69) is 0 Å². The number of nitrogens with two attached hydrogens (primary N) is 1. The van der Waals surface area contributed by atoms with Gasteiger partial charge in [0.1, 0.15) is 11.3 Å². The van der Waals surface area contributed by atoms with Crippen molar-refractivity contribution in [3.8, 4) is 0 Å². The van der Waals surface area contributed by atoms with Gasteiger partial charge in [0.25, 0.3) is 0 Å². The quantitative estimate of drug-likeness (QED) is 0.864. The predicted molar refractivity (Wildman–Crippen MR) is 91.5 cm³/mol. The molecule has 0 unspecified atom stereocenters. The number of carbonyl (C=O) groups is 2. The van der Waals surface area contributed by atoms with Crippen LogP contribution in [0.2, 0.25) is 0 Å². The summed E-state index contributed by atoms with van der Waals surface area (Å²) >= 11 is 0. The molecule has 25 heavy (non-hydrogen) atoms. The van der Waals surface area contributed by atoms with Crippen molar-refractivity contribution in [1.29, 1.82) is 0 Å². The lowest BCUT2D eigenvalue weighted by Gasteiger charge is -2.42. The molecule has 0 bridgehead atoms. The molecule has 2 heterocycles. The highest BCUT2D eigenvalue weighted by atomic mass is 16.6. The van der Waals surface area contributed by atoms with Crippen molar-refractivity contribution in [2.45, 2.75) is 25.0 Å². The van der Waals surface area contributed by atoms with Gasteiger partial charge in [0.05, 0.1) is 6.54 Å². The maximum atomic E-state index is 12.2. The number of fused-ring (bicyclic) bond motifs is 1. The van der Waals surface area contributed by atoms with Crippen LogP contribution in [0.15, 0.2) is 30.3 Å². The van der Waals surface area contributed by atoms with Gasteiger partial charge in [-0.05, 0) is 37.4 Å². The Hall–Kier alpha value is -2.54. The molecule has 1 saturated carbocycles. The lowest BCUT2D eigenvalue weighted by atomic mass is 9.71. The summed E-state index contributed by atoms with van der Waals surface area (Å²) in [5.74, 6) is -0.541. The highest BCUT2D eigenvalue weighted by Gasteiger charge is 2.53. The molecular formula is C18H21N3O4. The monoisotopic (exact) mass is 343 g/mol. The summed E-state index contributed by atoms with van der Waals surface area (Å²) in [6.45, 7) is 2.02. The molecular weight excluding hydrogens is 322 g/mol. The molecule has 1 aliphatic carbocycles. The number of hydrogen-bond donors (Lipinski definition) is 2. The Bertz CT molecular complexity index is 838. The van der Waals surface area contributed by atoms with Gasteiger partial charge >= 0.3 is 12.1 Å². The zero-order chi connectivity index (χ0) is 17.6. The number of amides is 1. The van der Waals surface area contributed by atoms with Crippen molar-refractivity contribution in [2.24, 2.45) is 11.7 Å². The van der Waals surface area contributed by atoms with Crippen LogP contribution in [0.25, 0.3) is 10.9 Å². The fourth-order valence-corrected chi connectivity index (χ4v) is 4.09. The molecule has 2 aliphatic rings. The van der Waals surface area contributed by atoms with Gasteiger partial charge in [-0.3, -0.25) is 0 Å². The number of carbonyl (C=O) groups excluding carboxylic acids is 1. The first-order valence-electron chi connectivity index (χ1n) is 8.51. The first-order valence-corrected chi connectivity index (χ1v) is 8.51. The van der Waals surface area contributed by atoms with E-state index in [4.69, 9.17) is 10.5 Å². The molecule has 0 radical (unpaired) electrons. The molecule has 1 aliphatic heterocycles. The Morgan fingerprint density at radius 1 is 1.32 bits per heavy atom. The molecule has 1 saturated heterocycles. The number of rotatable bonds is 5. The zero-order valence-electron chi connectivity index (χ0n) is 13.9. The molecule has 1 amide bonds. The number of ether oxygens (including phenoxy) is 1.